The Morgan fingerprint density at radius 1 is 0.727 bits per heavy atom. The number of aliphatic carboxylic acids is 2. The molecule has 0 heterocycles. The lowest BCUT2D eigenvalue weighted by Gasteiger charge is -2.29. The Morgan fingerprint density at radius 3 is 1.75 bits per heavy atom. The third-order valence-electron chi connectivity index (χ3n) is 7.99. The van der Waals surface area contributed by atoms with Crippen molar-refractivity contribution < 1.29 is 34.2 Å². The van der Waals surface area contributed by atoms with Gasteiger partial charge in [-0.2, -0.15) is 0 Å². The van der Waals surface area contributed by atoms with Gasteiger partial charge in [-0.3, -0.25) is 14.4 Å². The number of carbonyl (C=O) groups is 5. The second kappa shape index (κ2) is 20.3. The summed E-state index contributed by atoms with van der Waals surface area (Å²) < 4.78 is 0. The van der Waals surface area contributed by atoms with E-state index in [-0.39, 0.29) is 17.0 Å². The van der Waals surface area contributed by atoms with Gasteiger partial charge in [-0.25, -0.2) is 9.59 Å². The summed E-state index contributed by atoms with van der Waals surface area (Å²) in [5.41, 5.74) is -1.34. The van der Waals surface area contributed by atoms with Gasteiger partial charge in [-0.05, 0) is 36.8 Å². The molecule has 0 saturated heterocycles. The molecule has 9 nitrogen and oxygen atoms in total. The molecule has 0 aromatic heterocycles. The number of ketones is 1. The molecule has 1 atom stereocenters. The van der Waals surface area contributed by atoms with Gasteiger partial charge in [0, 0.05) is 29.7 Å². The summed E-state index contributed by atoms with van der Waals surface area (Å²) in [7, 11) is 0. The monoisotopic (exact) mass is 610 g/mol. The van der Waals surface area contributed by atoms with Crippen LogP contribution >= 0.6 is 0 Å². The van der Waals surface area contributed by atoms with Gasteiger partial charge < -0.3 is 20.8 Å². The Morgan fingerprint density at radius 2 is 1.25 bits per heavy atom. The normalized spacial score (nSPS) is 15.8. The van der Waals surface area contributed by atoms with Crippen LogP contribution in [0.1, 0.15) is 133 Å². The second-order valence-electron chi connectivity index (χ2n) is 11.8. The number of unbranched alkanes of at least 4 members (excludes halogenated alkanes) is 14. The van der Waals surface area contributed by atoms with Crippen LogP contribution in [-0.4, -0.2) is 45.3 Å². The number of hydrogen-bond donors (Lipinski definition) is 4. The zero-order valence-corrected chi connectivity index (χ0v) is 26.2. The van der Waals surface area contributed by atoms with Crippen LogP contribution in [0.25, 0.3) is 0 Å². The first-order chi connectivity index (χ1) is 21.2. The van der Waals surface area contributed by atoms with Gasteiger partial charge in [-0.1, -0.05) is 109 Å². The number of amides is 2. The van der Waals surface area contributed by atoms with E-state index in [1.165, 1.54) is 107 Å². The standard InChI is InChI=1S/C35H50N2O7/c1-2-3-4-5-6-7-8-9-10-11-12-13-14-15-16-19-31(39)36-29-22-20-27(21-23-29)30(38)25-32(40)37-35(34(43)44)24-17-18-28(26-35)33(41)42/h17-18,20-24H,2-16,19,25-26H2,1H3,(H,36,39)(H,37,40)(H,41,42)(H,43,44). The number of Topliss-reactive ketones (excluding diaryl/α,β-unsaturated/α-hetero) is 1. The van der Waals surface area contributed by atoms with Crippen molar-refractivity contribution in [1.29, 1.82) is 0 Å². The van der Waals surface area contributed by atoms with Gasteiger partial charge in [0.2, 0.25) is 11.8 Å². The minimum absolute atomic E-state index is 0.0903. The number of benzene rings is 1. The van der Waals surface area contributed by atoms with Crippen LogP contribution in [0.2, 0.25) is 0 Å². The van der Waals surface area contributed by atoms with Gasteiger partial charge in [0.25, 0.3) is 0 Å². The van der Waals surface area contributed by atoms with Gasteiger partial charge in [0.1, 0.15) is 0 Å². The van der Waals surface area contributed by atoms with Crippen LogP contribution < -0.4 is 10.6 Å². The Bertz CT molecular complexity index is 1160. The Balaban J connectivity index is 1.60. The van der Waals surface area contributed by atoms with E-state index >= 15 is 0 Å². The van der Waals surface area contributed by atoms with Crippen molar-refractivity contribution in [2.45, 2.75) is 128 Å². The SMILES string of the molecule is CCCCCCCCCCCCCCCCCC(=O)Nc1ccc(C(=O)CC(=O)NC2(C(=O)O)C=CC=C(C(=O)O)C2)cc1. The van der Waals surface area contributed by atoms with Crippen molar-refractivity contribution in [3.8, 4) is 0 Å². The van der Waals surface area contributed by atoms with Crippen LogP contribution in [-0.2, 0) is 19.2 Å². The summed E-state index contributed by atoms with van der Waals surface area (Å²) >= 11 is 0. The van der Waals surface area contributed by atoms with Gasteiger partial charge >= 0.3 is 11.9 Å². The smallest absolute Gasteiger partial charge is 0.333 e. The van der Waals surface area contributed by atoms with Crippen LogP contribution in [0, 0.1) is 0 Å². The lowest BCUT2D eigenvalue weighted by molar-refractivity contribution is -0.145. The highest BCUT2D eigenvalue weighted by Crippen LogP contribution is 2.24. The van der Waals surface area contributed by atoms with E-state index in [9.17, 15) is 34.2 Å². The molecular weight excluding hydrogens is 560 g/mol. The predicted molar refractivity (Wildman–Crippen MR) is 172 cm³/mol. The molecule has 2 amide bonds. The number of carbonyl (C=O) groups excluding carboxylic acids is 3. The molecule has 1 aliphatic carbocycles. The van der Waals surface area contributed by atoms with E-state index in [0.717, 1.165) is 19.3 Å². The van der Waals surface area contributed by atoms with Gasteiger partial charge in [-0.15, -0.1) is 0 Å². The highest BCUT2D eigenvalue weighted by atomic mass is 16.4. The number of hydrogen-bond acceptors (Lipinski definition) is 5. The number of nitrogens with one attached hydrogen (secondary N) is 2. The second-order valence-corrected chi connectivity index (χ2v) is 11.8. The molecular formula is C35H50N2O7. The first-order valence-electron chi connectivity index (χ1n) is 16.3. The van der Waals surface area contributed by atoms with Crippen molar-refractivity contribution in [1.82, 2.24) is 5.32 Å². The van der Waals surface area contributed by atoms with E-state index in [1.807, 2.05) is 0 Å². The fourth-order valence-electron chi connectivity index (χ4n) is 5.34. The summed E-state index contributed by atoms with van der Waals surface area (Å²) in [5.74, 6) is -4.17. The maximum absolute atomic E-state index is 12.6. The molecule has 0 fully saturated rings. The lowest BCUT2D eigenvalue weighted by atomic mass is 9.86. The zero-order chi connectivity index (χ0) is 32.2. The first kappa shape index (κ1) is 36.4. The van der Waals surface area contributed by atoms with Crippen molar-refractivity contribution in [3.05, 3.63) is 53.6 Å². The van der Waals surface area contributed by atoms with Crippen molar-refractivity contribution in [3.63, 3.8) is 0 Å². The largest absolute Gasteiger partial charge is 0.479 e. The first-order valence-corrected chi connectivity index (χ1v) is 16.3. The molecule has 1 aromatic carbocycles. The van der Waals surface area contributed by atoms with Crippen LogP contribution in [0.15, 0.2) is 48.1 Å². The van der Waals surface area contributed by atoms with E-state index in [2.05, 4.69) is 17.6 Å². The molecule has 0 aliphatic heterocycles. The highest BCUT2D eigenvalue weighted by molar-refractivity contribution is 6.08. The number of allylic oxidation sites excluding steroid dienone is 2. The molecule has 0 saturated carbocycles. The van der Waals surface area contributed by atoms with E-state index in [1.54, 1.807) is 12.1 Å². The van der Waals surface area contributed by atoms with Gasteiger partial charge in [0.05, 0.1) is 6.42 Å². The molecule has 44 heavy (non-hydrogen) atoms. The highest BCUT2D eigenvalue weighted by Gasteiger charge is 2.41. The van der Waals surface area contributed by atoms with Crippen LogP contribution in [0.5, 0.6) is 0 Å². The molecule has 0 spiro atoms. The number of carboxylic acid groups (broad SMARTS) is 2. The Hall–Kier alpha value is -3.75. The lowest BCUT2D eigenvalue weighted by Crippen LogP contribution is -2.54. The number of carboxylic acids is 2. The third-order valence-corrected chi connectivity index (χ3v) is 7.99. The quantitative estimate of drug-likeness (QED) is 0.0574. The minimum Gasteiger partial charge on any atom is -0.479 e. The summed E-state index contributed by atoms with van der Waals surface area (Å²) in [6, 6.07) is 6.17. The minimum atomic E-state index is -1.94. The summed E-state index contributed by atoms with van der Waals surface area (Å²) in [4.78, 5) is 60.6. The molecule has 1 aromatic rings. The van der Waals surface area contributed by atoms with Crippen molar-refractivity contribution in [2.75, 3.05) is 5.32 Å². The molecule has 1 aliphatic rings. The topological polar surface area (TPSA) is 150 Å². The maximum atomic E-state index is 12.6. The fourth-order valence-corrected chi connectivity index (χ4v) is 5.34. The van der Waals surface area contributed by atoms with Crippen molar-refractivity contribution in [2.24, 2.45) is 0 Å². The molecule has 2 rings (SSSR count). The third kappa shape index (κ3) is 13.7. The van der Waals surface area contributed by atoms with Gasteiger partial charge in [0.15, 0.2) is 11.3 Å². The fraction of sp³-hybridized carbons (Fsp3) is 0.571. The van der Waals surface area contributed by atoms with Crippen LogP contribution in [0.3, 0.4) is 0 Å². The average Bonchev–Trinajstić information content (AvgIpc) is 2.99. The summed E-state index contributed by atoms with van der Waals surface area (Å²) in [6.07, 6.45) is 22.1. The number of anilines is 1. The average molecular weight is 611 g/mol. The molecule has 0 radical (unpaired) electrons. The maximum Gasteiger partial charge on any atom is 0.333 e. The van der Waals surface area contributed by atoms with E-state index in [4.69, 9.17) is 0 Å². The predicted octanol–water partition coefficient (Wildman–Crippen LogP) is 7.37. The van der Waals surface area contributed by atoms with E-state index < -0.39 is 42.0 Å². The molecule has 1 unspecified atom stereocenters. The van der Waals surface area contributed by atoms with Crippen molar-refractivity contribution >= 4 is 35.2 Å². The molecule has 4 N–H and O–H groups in total. The molecule has 0 bridgehead atoms. The Labute approximate surface area is 261 Å². The number of rotatable bonds is 23. The summed E-state index contributed by atoms with van der Waals surface area (Å²) in [6.45, 7) is 2.25. The Kier molecular flexibility index (Phi) is 16.8. The molecule has 9 heteroatoms. The van der Waals surface area contributed by atoms with Crippen LogP contribution in [0.4, 0.5) is 5.69 Å². The van der Waals surface area contributed by atoms with E-state index in [0.29, 0.717) is 12.1 Å². The zero-order valence-electron chi connectivity index (χ0n) is 26.2. The molecule has 242 valence electrons. The summed E-state index contributed by atoms with van der Waals surface area (Å²) in [5, 5.41) is 24.0.